The fraction of sp³-hybridized carbons (Fsp3) is 0.250. The summed E-state index contributed by atoms with van der Waals surface area (Å²) in [6.07, 6.45) is -3.89. The molecule has 38 heavy (non-hydrogen) atoms. The predicted molar refractivity (Wildman–Crippen MR) is 122 cm³/mol. The van der Waals surface area contributed by atoms with Gasteiger partial charge >= 0.3 is 12.5 Å². The zero-order chi connectivity index (χ0) is 28.3. The number of carbonyl (C=O) groups excluding carboxylic acids is 2. The minimum atomic E-state index is -5.15. The monoisotopic (exact) mass is 540 g/mol. The van der Waals surface area contributed by atoms with E-state index in [4.69, 9.17) is 4.74 Å². The third kappa shape index (κ3) is 7.51. The lowest BCUT2D eigenvalue weighted by Gasteiger charge is -2.21. The Labute approximate surface area is 212 Å². The molecular formula is C24H21F5N4O5. The minimum Gasteiger partial charge on any atom is -0.504 e. The van der Waals surface area contributed by atoms with Gasteiger partial charge in [-0.05, 0) is 56.7 Å². The van der Waals surface area contributed by atoms with Gasteiger partial charge in [-0.3, -0.25) is 15.1 Å². The molecule has 0 fully saturated rings. The number of benzene rings is 1. The van der Waals surface area contributed by atoms with Crippen molar-refractivity contribution in [3.05, 3.63) is 77.2 Å². The van der Waals surface area contributed by atoms with E-state index in [2.05, 4.69) is 25.3 Å². The zero-order valence-corrected chi connectivity index (χ0v) is 20.1. The number of carbonyl (C=O) groups is 2. The van der Waals surface area contributed by atoms with Crippen molar-refractivity contribution in [2.24, 2.45) is 0 Å². The van der Waals surface area contributed by atoms with Crippen LogP contribution >= 0.6 is 0 Å². The van der Waals surface area contributed by atoms with Crippen LogP contribution in [0.3, 0.4) is 0 Å². The number of hydrogen-bond acceptors (Lipinski definition) is 7. The Balaban J connectivity index is 1.89. The number of amides is 2. The SMILES string of the molecule is CC(C)(C)OC(=O)Nc1ncc(C(=O)N[C@@H](c2ccc(OC(F)(F)F)c(F)c2)c2ncccc2F)cc1O. The highest BCUT2D eigenvalue weighted by molar-refractivity contribution is 5.95. The lowest BCUT2D eigenvalue weighted by Crippen LogP contribution is -2.31. The van der Waals surface area contributed by atoms with Gasteiger partial charge in [0, 0.05) is 12.4 Å². The largest absolute Gasteiger partial charge is 0.573 e. The number of pyridine rings is 2. The fourth-order valence-corrected chi connectivity index (χ4v) is 3.11. The zero-order valence-electron chi connectivity index (χ0n) is 20.1. The van der Waals surface area contributed by atoms with Crippen LogP contribution in [0.1, 0.15) is 48.4 Å². The van der Waals surface area contributed by atoms with E-state index in [0.717, 1.165) is 24.4 Å². The maximum atomic E-state index is 14.6. The molecule has 1 aromatic carbocycles. The van der Waals surface area contributed by atoms with Crippen LogP contribution in [0, 0.1) is 11.6 Å². The molecule has 0 aliphatic rings. The minimum absolute atomic E-state index is 0.164. The first-order valence-corrected chi connectivity index (χ1v) is 10.8. The van der Waals surface area contributed by atoms with Gasteiger partial charge in [0.15, 0.2) is 23.1 Å². The van der Waals surface area contributed by atoms with E-state index < -0.39 is 53.1 Å². The van der Waals surface area contributed by atoms with E-state index in [1.54, 1.807) is 20.8 Å². The van der Waals surface area contributed by atoms with Gasteiger partial charge in [0.2, 0.25) is 0 Å². The molecule has 202 valence electrons. The molecule has 0 bridgehead atoms. The van der Waals surface area contributed by atoms with Crippen molar-refractivity contribution in [2.45, 2.75) is 38.8 Å². The third-order valence-electron chi connectivity index (χ3n) is 4.60. The van der Waals surface area contributed by atoms with Gasteiger partial charge in [-0.15, -0.1) is 13.2 Å². The summed E-state index contributed by atoms with van der Waals surface area (Å²) in [6.45, 7) is 4.87. The molecule has 2 aromatic heterocycles. The molecule has 0 saturated heterocycles. The Morgan fingerprint density at radius 2 is 1.74 bits per heavy atom. The number of nitrogens with one attached hydrogen (secondary N) is 2. The van der Waals surface area contributed by atoms with Crippen LogP contribution in [0.25, 0.3) is 0 Å². The summed E-state index contributed by atoms with van der Waals surface area (Å²) in [5.41, 5.74) is -1.61. The van der Waals surface area contributed by atoms with E-state index in [-0.39, 0.29) is 22.6 Å². The second-order valence-electron chi connectivity index (χ2n) is 8.73. The van der Waals surface area contributed by atoms with Crippen LogP contribution in [-0.2, 0) is 4.74 Å². The summed E-state index contributed by atoms with van der Waals surface area (Å²) in [5.74, 6) is -5.31. The molecule has 2 amide bonds. The van der Waals surface area contributed by atoms with Crippen LogP contribution in [0.4, 0.5) is 32.6 Å². The van der Waals surface area contributed by atoms with E-state index in [1.165, 1.54) is 12.3 Å². The second-order valence-corrected chi connectivity index (χ2v) is 8.73. The summed E-state index contributed by atoms with van der Waals surface area (Å²) >= 11 is 0. The number of aromatic hydroxyl groups is 1. The predicted octanol–water partition coefficient (Wildman–Crippen LogP) is 5.23. The molecule has 0 radical (unpaired) electrons. The number of rotatable bonds is 6. The molecule has 0 aliphatic heterocycles. The Hall–Kier alpha value is -4.49. The Kier molecular flexibility index (Phi) is 8.03. The molecule has 0 spiro atoms. The number of hydrogen-bond donors (Lipinski definition) is 3. The second kappa shape index (κ2) is 10.9. The summed E-state index contributed by atoms with van der Waals surface area (Å²) in [4.78, 5) is 32.5. The molecule has 2 heterocycles. The molecule has 9 nitrogen and oxygen atoms in total. The number of nitrogens with zero attached hydrogens (tertiary/aromatic N) is 2. The highest BCUT2D eigenvalue weighted by Gasteiger charge is 2.33. The van der Waals surface area contributed by atoms with Gasteiger partial charge < -0.3 is 19.9 Å². The number of aromatic nitrogens is 2. The van der Waals surface area contributed by atoms with Crippen molar-refractivity contribution in [3.63, 3.8) is 0 Å². The lowest BCUT2D eigenvalue weighted by molar-refractivity contribution is -0.275. The van der Waals surface area contributed by atoms with Crippen molar-refractivity contribution < 1.29 is 46.1 Å². The van der Waals surface area contributed by atoms with Crippen molar-refractivity contribution in [2.75, 3.05) is 5.32 Å². The smallest absolute Gasteiger partial charge is 0.504 e. The van der Waals surface area contributed by atoms with E-state index in [1.807, 2.05) is 0 Å². The van der Waals surface area contributed by atoms with Crippen molar-refractivity contribution in [3.8, 4) is 11.5 Å². The Bertz CT molecular complexity index is 1340. The number of anilines is 1. The molecule has 14 heteroatoms. The first-order chi connectivity index (χ1) is 17.6. The number of ether oxygens (including phenoxy) is 2. The maximum absolute atomic E-state index is 14.6. The van der Waals surface area contributed by atoms with E-state index in [0.29, 0.717) is 12.1 Å². The number of halogens is 5. The molecule has 0 saturated carbocycles. The fourth-order valence-electron chi connectivity index (χ4n) is 3.11. The van der Waals surface area contributed by atoms with E-state index in [9.17, 15) is 36.6 Å². The van der Waals surface area contributed by atoms with Crippen molar-refractivity contribution in [1.82, 2.24) is 15.3 Å². The summed E-state index contributed by atoms with van der Waals surface area (Å²) in [6, 6.07) is 4.04. The van der Waals surface area contributed by atoms with Crippen LogP contribution in [0.5, 0.6) is 11.5 Å². The normalized spacial score (nSPS) is 12.4. The van der Waals surface area contributed by atoms with Gasteiger partial charge in [-0.25, -0.2) is 18.6 Å². The summed E-state index contributed by atoms with van der Waals surface area (Å²) in [5, 5.41) is 14.8. The first-order valence-electron chi connectivity index (χ1n) is 10.8. The standard InChI is InChI=1S/C24H21F5N4O5/c1-23(2,3)38-22(36)33-20-16(34)10-13(11-31-20)21(35)32-18(19-14(25)5-4-8-30-19)12-6-7-17(15(26)9-12)37-24(27,28)29/h4-11,18,34H,1-3H3,(H,32,35)(H,31,33,36)/t18-/m0/s1. The van der Waals surface area contributed by atoms with Crippen LogP contribution < -0.4 is 15.4 Å². The van der Waals surface area contributed by atoms with Gasteiger partial charge in [0.1, 0.15) is 17.1 Å². The molecule has 3 N–H and O–H groups in total. The molecular weight excluding hydrogens is 519 g/mol. The number of alkyl halides is 3. The lowest BCUT2D eigenvalue weighted by atomic mass is 10.0. The summed E-state index contributed by atoms with van der Waals surface area (Å²) in [7, 11) is 0. The molecule has 0 aliphatic carbocycles. The first kappa shape index (κ1) is 28.1. The quantitative estimate of drug-likeness (QED) is 0.366. The third-order valence-corrected chi connectivity index (χ3v) is 4.60. The van der Waals surface area contributed by atoms with Crippen LogP contribution in [0.15, 0.2) is 48.8 Å². The van der Waals surface area contributed by atoms with Gasteiger partial charge in [-0.1, -0.05) is 6.07 Å². The average molecular weight is 540 g/mol. The maximum Gasteiger partial charge on any atom is 0.573 e. The molecule has 0 unspecified atom stereocenters. The molecule has 3 rings (SSSR count). The van der Waals surface area contributed by atoms with Crippen LogP contribution in [0.2, 0.25) is 0 Å². The summed E-state index contributed by atoms with van der Waals surface area (Å²) < 4.78 is 75.1. The van der Waals surface area contributed by atoms with Gasteiger partial charge in [0.25, 0.3) is 5.91 Å². The highest BCUT2D eigenvalue weighted by atomic mass is 19.4. The van der Waals surface area contributed by atoms with Crippen molar-refractivity contribution in [1.29, 1.82) is 0 Å². The van der Waals surface area contributed by atoms with E-state index >= 15 is 0 Å². The van der Waals surface area contributed by atoms with Crippen molar-refractivity contribution >= 4 is 17.8 Å². The molecule has 3 aromatic rings. The molecule has 1 atom stereocenters. The Morgan fingerprint density at radius 3 is 2.32 bits per heavy atom. The van der Waals surface area contributed by atoms with Gasteiger partial charge in [-0.2, -0.15) is 0 Å². The highest BCUT2D eigenvalue weighted by Crippen LogP contribution is 2.31. The average Bonchev–Trinajstić information content (AvgIpc) is 2.78. The Morgan fingerprint density at radius 1 is 1.03 bits per heavy atom. The van der Waals surface area contributed by atoms with Gasteiger partial charge in [0.05, 0.1) is 11.6 Å². The topological polar surface area (TPSA) is 123 Å². The van der Waals surface area contributed by atoms with Crippen LogP contribution in [-0.4, -0.2) is 39.0 Å².